The maximum Gasteiger partial charge on any atom is 0.152 e. The standard InChI is InChI=1S/C30H34FN7O2/c1-17-2-5-20-6-3-19(16-38(17)20)29-36-26(27-28(32)34-12-13-37(27)29)23-9-4-18(14-24(23)31)30(39)35-25-15-22(10-11-33-25)40-21-7-8-21/h4,9-15,17,19-21,30,39H,2-3,5-8,16H2,1H3,(H2,32,34)(H,33,35). The summed E-state index contributed by atoms with van der Waals surface area (Å²) < 4.78 is 23.5. The minimum absolute atomic E-state index is 0.223. The largest absolute Gasteiger partial charge is 0.490 e. The highest BCUT2D eigenvalue weighted by atomic mass is 19.1. The first-order chi connectivity index (χ1) is 19.4. The van der Waals surface area contributed by atoms with Gasteiger partial charge in [0.2, 0.25) is 0 Å². The van der Waals surface area contributed by atoms with E-state index in [4.69, 9.17) is 15.5 Å². The van der Waals surface area contributed by atoms with Crippen LogP contribution in [0.25, 0.3) is 16.8 Å². The van der Waals surface area contributed by atoms with Crippen LogP contribution in [0.15, 0.2) is 48.9 Å². The zero-order valence-corrected chi connectivity index (χ0v) is 22.5. The van der Waals surface area contributed by atoms with E-state index in [0.717, 1.165) is 38.1 Å². The lowest BCUT2D eigenvalue weighted by Crippen LogP contribution is -2.42. The Morgan fingerprint density at radius 3 is 2.75 bits per heavy atom. The molecule has 2 aliphatic heterocycles. The summed E-state index contributed by atoms with van der Waals surface area (Å²) in [6, 6.07) is 9.40. The van der Waals surface area contributed by atoms with Crippen molar-refractivity contribution < 1.29 is 14.2 Å². The maximum atomic E-state index is 15.7. The van der Waals surface area contributed by atoms with E-state index in [2.05, 4.69) is 27.1 Å². The molecule has 208 valence electrons. The average molecular weight is 544 g/mol. The first-order valence-electron chi connectivity index (χ1n) is 14.2. The van der Waals surface area contributed by atoms with Gasteiger partial charge in [-0.2, -0.15) is 0 Å². The molecular formula is C30H34FN7O2. The zero-order chi connectivity index (χ0) is 27.4. The number of nitrogens with zero attached hydrogens (tertiary/aromatic N) is 5. The molecule has 40 heavy (non-hydrogen) atoms. The molecule has 5 heterocycles. The maximum absolute atomic E-state index is 15.7. The van der Waals surface area contributed by atoms with Gasteiger partial charge in [-0.3, -0.25) is 9.30 Å². The summed E-state index contributed by atoms with van der Waals surface area (Å²) in [7, 11) is 0. The number of rotatable bonds is 7. The number of nitrogen functional groups attached to an aromatic ring is 1. The van der Waals surface area contributed by atoms with Crippen molar-refractivity contribution in [3.05, 3.63) is 66.1 Å². The molecule has 3 aromatic heterocycles. The molecule has 0 bridgehead atoms. The predicted molar refractivity (Wildman–Crippen MR) is 150 cm³/mol. The van der Waals surface area contributed by atoms with E-state index in [1.165, 1.54) is 18.9 Å². The molecule has 0 amide bonds. The molecule has 1 saturated carbocycles. The molecule has 4 unspecified atom stereocenters. The van der Waals surface area contributed by atoms with Crippen LogP contribution in [0.2, 0.25) is 0 Å². The quantitative estimate of drug-likeness (QED) is 0.283. The Bertz CT molecular complexity index is 1550. The lowest BCUT2D eigenvalue weighted by Gasteiger charge is -2.37. The van der Waals surface area contributed by atoms with Crippen molar-refractivity contribution in [3.8, 4) is 17.0 Å². The number of nitrogens with one attached hydrogen (secondary N) is 1. The van der Waals surface area contributed by atoms with E-state index in [1.807, 2.05) is 10.6 Å². The van der Waals surface area contributed by atoms with Crippen LogP contribution < -0.4 is 15.8 Å². The van der Waals surface area contributed by atoms with Gasteiger partial charge in [0, 0.05) is 60.3 Å². The Morgan fingerprint density at radius 1 is 1.07 bits per heavy atom. The van der Waals surface area contributed by atoms with Gasteiger partial charge in [0.15, 0.2) is 6.23 Å². The number of hydrogen-bond acceptors (Lipinski definition) is 8. The SMILES string of the molecule is CC1CCC2CCC(c3nc(-c4ccc(C(O)Nc5cc(OC6CC6)ccn5)cc4F)c4c(N)nccn34)CN12. The number of ether oxygens (including phenoxy) is 1. The Labute approximate surface area is 232 Å². The molecule has 4 atom stereocenters. The van der Waals surface area contributed by atoms with Crippen LogP contribution in [0.1, 0.15) is 69.0 Å². The third kappa shape index (κ3) is 4.65. The highest BCUT2D eigenvalue weighted by molar-refractivity contribution is 5.85. The fourth-order valence-electron chi connectivity index (χ4n) is 6.34. The highest BCUT2D eigenvalue weighted by Crippen LogP contribution is 2.40. The number of anilines is 2. The topological polar surface area (TPSA) is 114 Å². The molecule has 1 aromatic carbocycles. The molecule has 3 aliphatic rings. The number of pyridine rings is 1. The van der Waals surface area contributed by atoms with Crippen molar-refractivity contribution in [2.24, 2.45) is 0 Å². The van der Waals surface area contributed by atoms with Crippen LogP contribution >= 0.6 is 0 Å². The molecule has 4 N–H and O–H groups in total. The third-order valence-corrected chi connectivity index (χ3v) is 8.62. The third-order valence-electron chi connectivity index (χ3n) is 8.62. The molecule has 2 saturated heterocycles. The fraction of sp³-hybridized carbons (Fsp3) is 0.433. The number of imidazole rings is 1. The van der Waals surface area contributed by atoms with Gasteiger partial charge < -0.3 is 20.9 Å². The summed E-state index contributed by atoms with van der Waals surface area (Å²) in [6.07, 6.45) is 11.0. The number of aliphatic hydroxyl groups excluding tert-OH is 1. The van der Waals surface area contributed by atoms with Gasteiger partial charge in [-0.25, -0.2) is 19.3 Å². The van der Waals surface area contributed by atoms with Crippen molar-refractivity contribution in [3.63, 3.8) is 0 Å². The van der Waals surface area contributed by atoms with Crippen LogP contribution in [0.4, 0.5) is 16.0 Å². The van der Waals surface area contributed by atoms with Gasteiger partial charge in [0.25, 0.3) is 0 Å². The second kappa shape index (κ2) is 10.0. The normalized spacial score (nSPS) is 23.7. The Kier molecular flexibility index (Phi) is 6.31. The number of aromatic nitrogens is 4. The predicted octanol–water partition coefficient (Wildman–Crippen LogP) is 4.89. The highest BCUT2D eigenvalue weighted by Gasteiger charge is 2.38. The number of piperidine rings is 1. The van der Waals surface area contributed by atoms with Crippen molar-refractivity contribution in [2.75, 3.05) is 17.6 Å². The second-order valence-electron chi connectivity index (χ2n) is 11.4. The molecular weight excluding hydrogens is 509 g/mol. The number of aliphatic hydroxyl groups is 1. The minimum Gasteiger partial charge on any atom is -0.490 e. The molecule has 9 nitrogen and oxygen atoms in total. The first kappa shape index (κ1) is 25.2. The number of fused-ring (bicyclic) bond motifs is 2. The lowest BCUT2D eigenvalue weighted by molar-refractivity contribution is 0.138. The van der Waals surface area contributed by atoms with Crippen LogP contribution in [-0.2, 0) is 0 Å². The monoisotopic (exact) mass is 543 g/mol. The van der Waals surface area contributed by atoms with Gasteiger partial charge in [0.1, 0.15) is 40.2 Å². The van der Waals surface area contributed by atoms with Crippen molar-refractivity contribution in [1.82, 2.24) is 24.3 Å². The summed E-state index contributed by atoms with van der Waals surface area (Å²) in [4.78, 5) is 16.1. The minimum atomic E-state index is -1.16. The van der Waals surface area contributed by atoms with Crippen LogP contribution in [0, 0.1) is 5.82 Å². The molecule has 1 aliphatic carbocycles. The molecule has 3 fully saturated rings. The smallest absolute Gasteiger partial charge is 0.152 e. The number of nitrogens with two attached hydrogens (primary N) is 1. The van der Waals surface area contributed by atoms with Crippen molar-refractivity contribution in [1.29, 1.82) is 0 Å². The van der Waals surface area contributed by atoms with Gasteiger partial charge >= 0.3 is 0 Å². The zero-order valence-electron chi connectivity index (χ0n) is 22.5. The molecule has 0 spiro atoms. The van der Waals surface area contributed by atoms with Crippen LogP contribution in [-0.4, -0.2) is 54.1 Å². The number of halogens is 1. The molecule has 10 heteroatoms. The number of hydrogen-bond donors (Lipinski definition) is 3. The Balaban J connectivity index is 1.17. The van der Waals surface area contributed by atoms with E-state index in [1.54, 1.807) is 36.7 Å². The van der Waals surface area contributed by atoms with Gasteiger partial charge in [-0.15, -0.1) is 0 Å². The van der Waals surface area contributed by atoms with Gasteiger partial charge in [0.05, 0.1) is 6.10 Å². The fourth-order valence-corrected chi connectivity index (χ4v) is 6.34. The summed E-state index contributed by atoms with van der Waals surface area (Å²) in [5.74, 6) is 2.06. The molecule has 0 radical (unpaired) electrons. The number of benzene rings is 1. The Hall–Kier alpha value is -3.76. The van der Waals surface area contributed by atoms with E-state index in [-0.39, 0.29) is 12.0 Å². The summed E-state index contributed by atoms with van der Waals surface area (Å²) in [5.41, 5.74) is 8.10. The summed E-state index contributed by atoms with van der Waals surface area (Å²) in [6.45, 7) is 3.24. The van der Waals surface area contributed by atoms with E-state index >= 15 is 4.39 Å². The molecule has 4 aromatic rings. The first-order valence-corrected chi connectivity index (χ1v) is 14.2. The van der Waals surface area contributed by atoms with Crippen LogP contribution in [0.5, 0.6) is 5.75 Å². The van der Waals surface area contributed by atoms with E-state index in [0.29, 0.717) is 51.8 Å². The van der Waals surface area contributed by atoms with E-state index < -0.39 is 12.0 Å². The average Bonchev–Trinajstić information content (AvgIpc) is 3.56. The second-order valence-corrected chi connectivity index (χ2v) is 11.4. The molecule has 7 rings (SSSR count). The summed E-state index contributed by atoms with van der Waals surface area (Å²) in [5, 5.41) is 13.7. The van der Waals surface area contributed by atoms with Gasteiger partial charge in [-0.1, -0.05) is 6.07 Å². The lowest BCUT2D eigenvalue weighted by atomic mass is 9.92. The Morgan fingerprint density at radius 2 is 1.93 bits per heavy atom. The van der Waals surface area contributed by atoms with Gasteiger partial charge in [-0.05, 0) is 63.6 Å². The summed E-state index contributed by atoms with van der Waals surface area (Å²) >= 11 is 0. The van der Waals surface area contributed by atoms with Crippen LogP contribution in [0.3, 0.4) is 0 Å². The van der Waals surface area contributed by atoms with Crippen molar-refractivity contribution >= 4 is 17.2 Å². The van der Waals surface area contributed by atoms with Crippen molar-refractivity contribution in [2.45, 2.75) is 75.8 Å². The van der Waals surface area contributed by atoms with E-state index in [9.17, 15) is 5.11 Å².